The van der Waals surface area contributed by atoms with Gasteiger partial charge in [0.05, 0.1) is 0 Å². The van der Waals surface area contributed by atoms with Gasteiger partial charge in [0.15, 0.2) is 5.78 Å². The van der Waals surface area contributed by atoms with Crippen LogP contribution in [0.4, 0.5) is 0 Å². The molecule has 2 aromatic rings. The predicted molar refractivity (Wildman–Crippen MR) is 87.4 cm³/mol. The van der Waals surface area contributed by atoms with Crippen LogP contribution in [0.3, 0.4) is 0 Å². The average Bonchev–Trinajstić information content (AvgIpc) is 3.37. The number of amides is 1. The van der Waals surface area contributed by atoms with E-state index in [1.165, 1.54) is 6.92 Å². The minimum atomic E-state index is -0.694. The smallest absolute Gasteiger partial charge is 0.266 e. The predicted octanol–water partition coefficient (Wildman–Crippen LogP) is 3.29. The van der Waals surface area contributed by atoms with Crippen molar-refractivity contribution in [1.29, 1.82) is 0 Å². The summed E-state index contributed by atoms with van der Waals surface area (Å²) in [5.74, 6) is 0.437. The highest BCUT2D eigenvalue weighted by molar-refractivity contribution is 5.94. The van der Waals surface area contributed by atoms with E-state index in [0.29, 0.717) is 11.3 Å². The maximum absolute atomic E-state index is 12.5. The highest BCUT2D eigenvalue weighted by Gasteiger charge is 2.29. The van der Waals surface area contributed by atoms with Gasteiger partial charge < -0.3 is 10.1 Å². The van der Waals surface area contributed by atoms with Crippen LogP contribution in [0.15, 0.2) is 54.6 Å². The Kier molecular flexibility index (Phi) is 4.42. The summed E-state index contributed by atoms with van der Waals surface area (Å²) in [5, 5.41) is 2.98. The lowest BCUT2D eigenvalue weighted by molar-refractivity contribution is -0.128. The fourth-order valence-electron chi connectivity index (χ4n) is 2.31. The summed E-state index contributed by atoms with van der Waals surface area (Å²) in [6.07, 6.45) is 1.36. The minimum absolute atomic E-state index is 0.00244. The molecular weight excluding hydrogens is 290 g/mol. The molecular formula is C19H19NO3. The molecule has 0 radical (unpaired) electrons. The Morgan fingerprint density at radius 1 is 1.04 bits per heavy atom. The van der Waals surface area contributed by atoms with Gasteiger partial charge in [0.25, 0.3) is 5.91 Å². The second kappa shape index (κ2) is 6.65. The molecule has 1 fully saturated rings. The van der Waals surface area contributed by atoms with Crippen molar-refractivity contribution in [2.75, 3.05) is 0 Å². The van der Waals surface area contributed by atoms with E-state index in [4.69, 9.17) is 4.74 Å². The number of carbonyl (C=O) groups excluding carboxylic acids is 2. The van der Waals surface area contributed by atoms with Crippen molar-refractivity contribution < 1.29 is 14.3 Å². The van der Waals surface area contributed by atoms with Gasteiger partial charge in [-0.05, 0) is 44.0 Å². The normalized spacial score (nSPS) is 14.8. The number of Topliss-reactive ketones (excluding diaryl/α,β-unsaturated/α-hetero) is 1. The molecule has 1 aliphatic rings. The molecule has 1 N–H and O–H groups in total. The molecule has 0 aromatic heterocycles. The molecule has 0 unspecified atom stereocenters. The summed E-state index contributed by atoms with van der Waals surface area (Å²) in [6, 6.07) is 16.6. The van der Waals surface area contributed by atoms with Crippen molar-refractivity contribution >= 4 is 11.7 Å². The van der Waals surface area contributed by atoms with Crippen molar-refractivity contribution in [3.63, 3.8) is 0 Å². The van der Waals surface area contributed by atoms with Crippen LogP contribution in [-0.2, 0) is 4.79 Å². The molecule has 118 valence electrons. The van der Waals surface area contributed by atoms with E-state index >= 15 is 0 Å². The quantitative estimate of drug-likeness (QED) is 0.833. The van der Waals surface area contributed by atoms with Crippen molar-refractivity contribution in [3.8, 4) is 5.75 Å². The zero-order valence-corrected chi connectivity index (χ0v) is 13.0. The van der Waals surface area contributed by atoms with Crippen molar-refractivity contribution in [2.24, 2.45) is 0 Å². The molecule has 1 saturated carbocycles. The van der Waals surface area contributed by atoms with Crippen LogP contribution in [-0.4, -0.2) is 17.7 Å². The second-order valence-electron chi connectivity index (χ2n) is 5.77. The summed E-state index contributed by atoms with van der Waals surface area (Å²) in [4.78, 5) is 23.8. The molecule has 1 aliphatic carbocycles. The first-order valence-electron chi connectivity index (χ1n) is 7.76. The lowest BCUT2D eigenvalue weighted by Gasteiger charge is -2.19. The van der Waals surface area contributed by atoms with E-state index in [-0.39, 0.29) is 17.7 Å². The first kappa shape index (κ1) is 15.3. The van der Waals surface area contributed by atoms with Crippen molar-refractivity contribution in [1.82, 2.24) is 5.32 Å². The Morgan fingerprint density at radius 2 is 1.70 bits per heavy atom. The summed E-state index contributed by atoms with van der Waals surface area (Å²) < 4.78 is 5.90. The Morgan fingerprint density at radius 3 is 2.26 bits per heavy atom. The van der Waals surface area contributed by atoms with Crippen LogP contribution in [0.25, 0.3) is 0 Å². The number of hydrogen-bond acceptors (Lipinski definition) is 3. The third-order valence-corrected chi connectivity index (χ3v) is 3.78. The SMILES string of the molecule is CC(=O)c1ccc(O[C@@H](C(=O)NC2CC2)c2ccccc2)cc1. The lowest BCUT2D eigenvalue weighted by atomic mass is 10.1. The van der Waals surface area contributed by atoms with E-state index < -0.39 is 6.10 Å². The maximum atomic E-state index is 12.5. The van der Waals surface area contributed by atoms with Crippen LogP contribution in [0, 0.1) is 0 Å². The lowest BCUT2D eigenvalue weighted by Crippen LogP contribution is -2.33. The van der Waals surface area contributed by atoms with Gasteiger partial charge >= 0.3 is 0 Å². The van der Waals surface area contributed by atoms with Crippen LogP contribution in [0.5, 0.6) is 5.75 Å². The number of nitrogens with one attached hydrogen (secondary N) is 1. The maximum Gasteiger partial charge on any atom is 0.266 e. The van der Waals surface area contributed by atoms with E-state index in [2.05, 4.69) is 5.32 Å². The second-order valence-corrected chi connectivity index (χ2v) is 5.77. The van der Waals surface area contributed by atoms with Gasteiger partial charge in [0.1, 0.15) is 5.75 Å². The molecule has 2 aromatic carbocycles. The Hall–Kier alpha value is -2.62. The first-order chi connectivity index (χ1) is 11.1. The van der Waals surface area contributed by atoms with Crippen LogP contribution in [0.1, 0.15) is 41.8 Å². The molecule has 0 spiro atoms. The Labute approximate surface area is 135 Å². The van der Waals surface area contributed by atoms with E-state index in [1.54, 1.807) is 24.3 Å². The van der Waals surface area contributed by atoms with E-state index in [1.807, 2.05) is 30.3 Å². The van der Waals surface area contributed by atoms with Crippen LogP contribution in [0.2, 0.25) is 0 Å². The van der Waals surface area contributed by atoms with Gasteiger partial charge in [-0.3, -0.25) is 9.59 Å². The average molecular weight is 309 g/mol. The Balaban J connectivity index is 1.80. The van der Waals surface area contributed by atoms with Gasteiger partial charge in [-0.1, -0.05) is 30.3 Å². The third kappa shape index (κ3) is 3.97. The highest BCUT2D eigenvalue weighted by Crippen LogP contribution is 2.25. The summed E-state index contributed by atoms with van der Waals surface area (Å²) in [7, 11) is 0. The zero-order chi connectivity index (χ0) is 16.2. The number of ether oxygens (including phenoxy) is 1. The topological polar surface area (TPSA) is 55.4 Å². The van der Waals surface area contributed by atoms with Crippen molar-refractivity contribution in [3.05, 3.63) is 65.7 Å². The zero-order valence-electron chi connectivity index (χ0n) is 13.0. The molecule has 3 rings (SSSR count). The minimum Gasteiger partial charge on any atom is -0.476 e. The number of ketones is 1. The fraction of sp³-hybridized carbons (Fsp3) is 0.263. The first-order valence-corrected chi connectivity index (χ1v) is 7.76. The molecule has 4 heteroatoms. The molecule has 0 saturated heterocycles. The number of rotatable bonds is 6. The number of hydrogen-bond donors (Lipinski definition) is 1. The van der Waals surface area contributed by atoms with E-state index in [0.717, 1.165) is 18.4 Å². The third-order valence-electron chi connectivity index (χ3n) is 3.78. The number of benzene rings is 2. The summed E-state index contributed by atoms with van der Waals surface area (Å²) >= 11 is 0. The van der Waals surface area contributed by atoms with Crippen molar-refractivity contribution in [2.45, 2.75) is 31.9 Å². The van der Waals surface area contributed by atoms with Crippen LogP contribution >= 0.6 is 0 Å². The van der Waals surface area contributed by atoms with E-state index in [9.17, 15) is 9.59 Å². The fourth-order valence-corrected chi connectivity index (χ4v) is 2.31. The largest absolute Gasteiger partial charge is 0.476 e. The molecule has 4 nitrogen and oxygen atoms in total. The molecule has 0 heterocycles. The monoisotopic (exact) mass is 309 g/mol. The highest BCUT2D eigenvalue weighted by atomic mass is 16.5. The van der Waals surface area contributed by atoms with Gasteiger partial charge in [0, 0.05) is 17.2 Å². The molecule has 23 heavy (non-hydrogen) atoms. The van der Waals surface area contributed by atoms with Gasteiger partial charge in [-0.2, -0.15) is 0 Å². The summed E-state index contributed by atoms with van der Waals surface area (Å²) in [5.41, 5.74) is 1.43. The van der Waals surface area contributed by atoms with Crippen LogP contribution < -0.4 is 10.1 Å². The Bertz CT molecular complexity index is 690. The van der Waals surface area contributed by atoms with Gasteiger partial charge in [-0.25, -0.2) is 0 Å². The molecule has 1 atom stereocenters. The molecule has 0 bridgehead atoms. The standard InChI is InChI=1S/C19H19NO3/c1-13(21)14-7-11-17(12-8-14)23-18(15-5-3-2-4-6-15)19(22)20-16-9-10-16/h2-8,11-12,16,18H,9-10H2,1H3,(H,20,22)/t18-/m1/s1. The summed E-state index contributed by atoms with van der Waals surface area (Å²) in [6.45, 7) is 1.52. The molecule has 0 aliphatic heterocycles. The van der Waals surface area contributed by atoms with Gasteiger partial charge in [-0.15, -0.1) is 0 Å². The molecule has 1 amide bonds. The number of carbonyl (C=O) groups is 2. The van der Waals surface area contributed by atoms with Gasteiger partial charge in [0.2, 0.25) is 6.10 Å².